The van der Waals surface area contributed by atoms with E-state index in [4.69, 9.17) is 9.16 Å². The molecule has 0 aliphatic heterocycles. The van der Waals surface area contributed by atoms with Crippen LogP contribution >= 0.6 is 0 Å². The van der Waals surface area contributed by atoms with Gasteiger partial charge in [0, 0.05) is 12.6 Å². The molecule has 3 rings (SSSR count). The largest absolute Gasteiger partial charge is 0.444 e. The van der Waals surface area contributed by atoms with Gasteiger partial charge in [0.2, 0.25) is 0 Å². The first-order valence-electron chi connectivity index (χ1n) is 14.1. The molecule has 2 N–H and O–H groups in total. The number of nitrogens with one attached hydrogen (secondary N) is 2. The van der Waals surface area contributed by atoms with Crippen LogP contribution in [0.2, 0.25) is 5.04 Å². The summed E-state index contributed by atoms with van der Waals surface area (Å²) in [5.74, 6) is 0. The fourth-order valence-corrected chi connectivity index (χ4v) is 9.89. The van der Waals surface area contributed by atoms with Crippen LogP contribution in [0.4, 0.5) is 4.79 Å². The van der Waals surface area contributed by atoms with Gasteiger partial charge in [-0.2, -0.15) is 0 Å². The molecule has 0 bridgehead atoms. The molecule has 40 heavy (non-hydrogen) atoms. The van der Waals surface area contributed by atoms with Crippen molar-refractivity contribution in [2.45, 2.75) is 83.8 Å². The Kier molecular flexibility index (Phi) is 10.5. The van der Waals surface area contributed by atoms with E-state index in [1.807, 2.05) is 64.1 Å². The topological polar surface area (TPSA) is 59.6 Å². The van der Waals surface area contributed by atoms with E-state index in [1.165, 1.54) is 10.4 Å². The number of benzene rings is 3. The molecule has 0 saturated heterocycles. The number of rotatable bonds is 11. The van der Waals surface area contributed by atoms with E-state index in [1.54, 1.807) is 0 Å². The molecule has 0 saturated carbocycles. The van der Waals surface area contributed by atoms with Gasteiger partial charge in [-0.1, -0.05) is 118 Å². The summed E-state index contributed by atoms with van der Waals surface area (Å²) < 4.78 is 13.1. The smallest absolute Gasteiger partial charge is 0.408 e. The lowest BCUT2D eigenvalue weighted by Gasteiger charge is -2.46. The van der Waals surface area contributed by atoms with Crippen LogP contribution in [0.3, 0.4) is 0 Å². The van der Waals surface area contributed by atoms with Crippen molar-refractivity contribution in [2.75, 3.05) is 0 Å². The number of carbonyl (C=O) groups excluding carboxylic acids is 1. The predicted octanol–water partition coefficient (Wildman–Crippen LogP) is 6.19. The van der Waals surface area contributed by atoms with Crippen LogP contribution in [-0.2, 0) is 15.7 Å². The third kappa shape index (κ3) is 7.93. The summed E-state index contributed by atoms with van der Waals surface area (Å²) >= 11 is 0. The minimum Gasteiger partial charge on any atom is -0.444 e. The third-order valence-electron chi connectivity index (χ3n) is 6.99. The normalized spacial score (nSPS) is 14.6. The van der Waals surface area contributed by atoms with Crippen molar-refractivity contribution in [3.05, 3.63) is 109 Å². The van der Waals surface area contributed by atoms with Crippen LogP contribution in [0.5, 0.6) is 0 Å². The zero-order chi connectivity index (χ0) is 29.4. The Morgan fingerprint density at radius 3 is 1.75 bits per heavy atom. The molecule has 0 heterocycles. The zero-order valence-electron chi connectivity index (χ0n) is 25.1. The van der Waals surface area contributed by atoms with Gasteiger partial charge in [0.1, 0.15) is 5.60 Å². The van der Waals surface area contributed by atoms with Gasteiger partial charge in [0.05, 0.1) is 12.1 Å². The molecule has 0 aliphatic carbocycles. The van der Waals surface area contributed by atoms with Gasteiger partial charge < -0.3 is 19.8 Å². The van der Waals surface area contributed by atoms with Gasteiger partial charge in [-0.25, -0.2) is 4.79 Å². The molecule has 0 aromatic heterocycles. The van der Waals surface area contributed by atoms with Crippen molar-refractivity contribution < 1.29 is 14.0 Å². The lowest BCUT2D eigenvalue weighted by molar-refractivity contribution is 0.0431. The second kappa shape index (κ2) is 13.4. The maximum atomic E-state index is 13.1. The summed E-state index contributed by atoms with van der Waals surface area (Å²) in [5.41, 5.74) is 0.517. The number of carbonyl (C=O) groups is 1. The van der Waals surface area contributed by atoms with Crippen LogP contribution in [0, 0.1) is 0 Å². The van der Waals surface area contributed by atoms with Crippen molar-refractivity contribution in [1.29, 1.82) is 0 Å². The van der Waals surface area contributed by atoms with Gasteiger partial charge in [-0.05, 0) is 48.7 Å². The average molecular weight is 559 g/mol. The fourth-order valence-electron chi connectivity index (χ4n) is 5.17. The van der Waals surface area contributed by atoms with Gasteiger partial charge in [0.25, 0.3) is 8.32 Å². The first kappa shape index (κ1) is 31.3. The molecule has 3 aromatic rings. The Morgan fingerprint density at radius 2 is 1.32 bits per heavy atom. The first-order chi connectivity index (χ1) is 18.9. The molecule has 214 valence electrons. The van der Waals surface area contributed by atoms with Crippen LogP contribution in [0.25, 0.3) is 0 Å². The Labute approximate surface area is 242 Å². The van der Waals surface area contributed by atoms with Gasteiger partial charge in [0.15, 0.2) is 0 Å². The van der Waals surface area contributed by atoms with Crippen LogP contribution < -0.4 is 21.0 Å². The molecule has 1 amide bonds. The summed E-state index contributed by atoms with van der Waals surface area (Å²) in [6.45, 7) is 19.1. The molecule has 0 radical (unpaired) electrons. The minimum atomic E-state index is -2.87. The molecular weight excluding hydrogens is 512 g/mol. The number of amides is 1. The van der Waals surface area contributed by atoms with E-state index < -0.39 is 26.1 Å². The molecule has 3 aromatic carbocycles. The Balaban J connectivity index is 2.05. The Bertz CT molecular complexity index is 1170. The molecule has 3 atom stereocenters. The fraction of sp³-hybridized carbons (Fsp3) is 0.382. The highest BCUT2D eigenvalue weighted by molar-refractivity contribution is 6.99. The highest BCUT2D eigenvalue weighted by atomic mass is 28.4. The Hall–Kier alpha value is -3.19. The maximum Gasteiger partial charge on any atom is 0.408 e. The van der Waals surface area contributed by atoms with Crippen LogP contribution in [0.1, 0.15) is 54.0 Å². The minimum absolute atomic E-state index is 0.207. The van der Waals surface area contributed by atoms with Crippen molar-refractivity contribution in [3.63, 3.8) is 0 Å². The second-order valence-corrected chi connectivity index (χ2v) is 16.5. The zero-order valence-corrected chi connectivity index (χ0v) is 26.1. The SMILES string of the molecule is C=C[C@@H](NCc1ccccc1)[C@H](NC(=O)OC(C)(C)C)[C@@H](C)O[Si](c1ccccc1)(c1ccccc1)C(C)(C)C. The van der Waals surface area contributed by atoms with Crippen molar-refractivity contribution >= 4 is 24.8 Å². The molecule has 0 unspecified atom stereocenters. The lowest BCUT2D eigenvalue weighted by Crippen LogP contribution is -2.69. The predicted molar refractivity (Wildman–Crippen MR) is 169 cm³/mol. The van der Waals surface area contributed by atoms with E-state index in [9.17, 15) is 4.79 Å². The number of hydrogen-bond donors (Lipinski definition) is 2. The quantitative estimate of drug-likeness (QED) is 0.218. The molecule has 6 heteroatoms. The number of hydrogen-bond acceptors (Lipinski definition) is 4. The van der Waals surface area contributed by atoms with E-state index in [0.29, 0.717) is 6.54 Å². The maximum absolute atomic E-state index is 13.1. The molecule has 0 aliphatic rings. The van der Waals surface area contributed by atoms with Crippen molar-refractivity contribution in [1.82, 2.24) is 10.6 Å². The summed E-state index contributed by atoms with van der Waals surface area (Å²) in [6, 6.07) is 30.5. The van der Waals surface area contributed by atoms with E-state index in [-0.39, 0.29) is 17.2 Å². The summed E-state index contributed by atoms with van der Waals surface area (Å²) in [6.07, 6.45) is 0.977. The van der Waals surface area contributed by atoms with Gasteiger partial charge in [-0.3, -0.25) is 0 Å². The molecule has 0 fully saturated rings. The average Bonchev–Trinajstić information content (AvgIpc) is 2.91. The van der Waals surface area contributed by atoms with E-state index in [0.717, 1.165) is 5.56 Å². The van der Waals surface area contributed by atoms with Gasteiger partial charge >= 0.3 is 6.09 Å². The first-order valence-corrected chi connectivity index (χ1v) is 16.0. The number of alkyl carbamates (subject to hydrolysis) is 1. The highest BCUT2D eigenvalue weighted by Crippen LogP contribution is 2.38. The van der Waals surface area contributed by atoms with Crippen molar-refractivity contribution in [3.8, 4) is 0 Å². The van der Waals surface area contributed by atoms with Gasteiger partial charge in [-0.15, -0.1) is 6.58 Å². The lowest BCUT2D eigenvalue weighted by atomic mass is 10.0. The van der Waals surface area contributed by atoms with E-state index in [2.05, 4.69) is 98.6 Å². The highest BCUT2D eigenvalue weighted by Gasteiger charge is 2.52. The van der Waals surface area contributed by atoms with Crippen LogP contribution in [-0.4, -0.2) is 38.2 Å². The Morgan fingerprint density at radius 1 is 0.850 bits per heavy atom. The third-order valence-corrected chi connectivity index (χ3v) is 12.1. The van der Waals surface area contributed by atoms with Crippen molar-refractivity contribution in [2.24, 2.45) is 0 Å². The molecular formula is C34H46N2O3Si. The monoisotopic (exact) mass is 558 g/mol. The summed E-state index contributed by atoms with van der Waals surface area (Å²) in [5, 5.41) is 8.89. The van der Waals surface area contributed by atoms with Crippen LogP contribution in [0.15, 0.2) is 104 Å². The molecule has 0 spiro atoms. The summed E-state index contributed by atoms with van der Waals surface area (Å²) in [4.78, 5) is 13.1. The second-order valence-electron chi connectivity index (χ2n) is 12.3. The standard InChI is InChI=1S/C34H46N2O3Si/c1-9-30(35-25-27-19-13-10-14-20-27)31(36-32(37)38-33(3,4)5)26(2)39-40(34(6,7)8,28-21-15-11-16-22-28)29-23-17-12-18-24-29/h9-24,26,30-31,35H,1,25H2,2-8H3,(H,36,37)/t26-,30-,31-/m1/s1. The summed E-state index contributed by atoms with van der Waals surface area (Å²) in [7, 11) is -2.87. The number of ether oxygens (including phenoxy) is 1. The molecule has 5 nitrogen and oxygen atoms in total. The van der Waals surface area contributed by atoms with E-state index >= 15 is 0 Å².